The van der Waals surface area contributed by atoms with Crippen LogP contribution >= 0.6 is 0 Å². The van der Waals surface area contributed by atoms with Gasteiger partial charge in [-0.1, -0.05) is 19.1 Å². The smallest absolute Gasteiger partial charge is 0.0880 e. The van der Waals surface area contributed by atoms with Crippen LogP contribution in [-0.4, -0.2) is 25.3 Å². The van der Waals surface area contributed by atoms with E-state index in [1.54, 1.807) is 0 Å². The van der Waals surface area contributed by atoms with Crippen LogP contribution in [0.1, 0.15) is 32.6 Å². The van der Waals surface area contributed by atoms with Crippen LogP contribution in [0.25, 0.3) is 0 Å². The second-order valence-electron chi connectivity index (χ2n) is 5.38. The predicted molar refractivity (Wildman–Crippen MR) is 77.1 cm³/mol. The van der Waals surface area contributed by atoms with Gasteiger partial charge in [-0.25, -0.2) is 0 Å². The van der Waals surface area contributed by atoms with E-state index in [9.17, 15) is 0 Å². The Bertz CT molecular complexity index is 396. The van der Waals surface area contributed by atoms with Crippen LogP contribution < -0.4 is 15.5 Å². The van der Waals surface area contributed by atoms with E-state index in [1.807, 2.05) is 0 Å². The van der Waals surface area contributed by atoms with E-state index in [0.717, 1.165) is 25.3 Å². The molecule has 1 aliphatic carbocycles. The average molecular weight is 245 g/mol. The van der Waals surface area contributed by atoms with Gasteiger partial charge in [0.2, 0.25) is 0 Å². The second kappa shape index (κ2) is 5.19. The summed E-state index contributed by atoms with van der Waals surface area (Å²) < 4.78 is 0. The third-order valence-electron chi connectivity index (χ3n) is 4.28. The lowest BCUT2D eigenvalue weighted by molar-refractivity contribution is 0.339. The Balaban J connectivity index is 1.64. The van der Waals surface area contributed by atoms with E-state index in [1.165, 1.54) is 37.1 Å². The maximum atomic E-state index is 3.58. The van der Waals surface area contributed by atoms with E-state index in [0.29, 0.717) is 0 Å². The molecule has 2 N–H and O–H groups in total. The summed E-state index contributed by atoms with van der Waals surface area (Å²) >= 11 is 0. The molecule has 0 bridgehead atoms. The number of nitrogens with one attached hydrogen (secondary N) is 2. The van der Waals surface area contributed by atoms with Crippen molar-refractivity contribution in [2.75, 3.05) is 23.4 Å². The van der Waals surface area contributed by atoms with Gasteiger partial charge in [0.05, 0.1) is 18.0 Å². The average Bonchev–Trinajstić information content (AvgIpc) is 2.84. The standard InChI is InChI=1S/C15H23N3/c1-2-16-12-7-9-13(10-8-12)18-11-17-14-5-3-4-6-15(14)18/h3-6,12-13,16-17H,2,7-11H2,1H3. The summed E-state index contributed by atoms with van der Waals surface area (Å²) in [6, 6.07) is 10.1. The third-order valence-corrected chi connectivity index (χ3v) is 4.28. The van der Waals surface area contributed by atoms with Crippen LogP contribution in [0.3, 0.4) is 0 Å². The van der Waals surface area contributed by atoms with Gasteiger partial charge in [-0.2, -0.15) is 0 Å². The molecule has 1 saturated carbocycles. The van der Waals surface area contributed by atoms with Crippen LogP contribution in [-0.2, 0) is 0 Å². The molecule has 3 nitrogen and oxygen atoms in total. The van der Waals surface area contributed by atoms with Gasteiger partial charge in [-0.05, 0) is 44.4 Å². The van der Waals surface area contributed by atoms with Crippen molar-refractivity contribution in [1.82, 2.24) is 5.32 Å². The predicted octanol–water partition coefficient (Wildman–Crippen LogP) is 2.80. The second-order valence-corrected chi connectivity index (χ2v) is 5.38. The molecule has 0 aromatic heterocycles. The lowest BCUT2D eigenvalue weighted by Gasteiger charge is -2.35. The van der Waals surface area contributed by atoms with Crippen molar-refractivity contribution in [3.05, 3.63) is 24.3 Å². The van der Waals surface area contributed by atoms with Crippen molar-refractivity contribution in [3.63, 3.8) is 0 Å². The highest BCUT2D eigenvalue weighted by Gasteiger charge is 2.29. The molecule has 1 aromatic rings. The Morgan fingerprint density at radius 3 is 2.78 bits per heavy atom. The molecule has 3 heteroatoms. The number of fused-ring (bicyclic) bond motifs is 1. The van der Waals surface area contributed by atoms with E-state index in [-0.39, 0.29) is 0 Å². The van der Waals surface area contributed by atoms with E-state index in [2.05, 4.69) is 46.7 Å². The van der Waals surface area contributed by atoms with Gasteiger partial charge in [0.25, 0.3) is 0 Å². The van der Waals surface area contributed by atoms with E-state index >= 15 is 0 Å². The minimum absolute atomic E-state index is 0.719. The Labute approximate surface area is 110 Å². The molecule has 0 atom stereocenters. The lowest BCUT2D eigenvalue weighted by Crippen LogP contribution is -2.42. The van der Waals surface area contributed by atoms with Crippen molar-refractivity contribution in [3.8, 4) is 0 Å². The maximum Gasteiger partial charge on any atom is 0.0880 e. The summed E-state index contributed by atoms with van der Waals surface area (Å²) in [5, 5.41) is 7.07. The molecular weight excluding hydrogens is 222 g/mol. The van der Waals surface area contributed by atoms with Crippen molar-refractivity contribution < 1.29 is 0 Å². The SMILES string of the molecule is CCNC1CCC(N2CNc3ccccc32)CC1. The molecule has 98 valence electrons. The fraction of sp³-hybridized carbons (Fsp3) is 0.600. The van der Waals surface area contributed by atoms with Gasteiger partial charge in [-0.15, -0.1) is 0 Å². The summed E-state index contributed by atoms with van der Waals surface area (Å²) in [6.07, 6.45) is 5.26. The summed E-state index contributed by atoms with van der Waals surface area (Å²) in [5.41, 5.74) is 2.69. The Morgan fingerprint density at radius 2 is 2.00 bits per heavy atom. The van der Waals surface area contributed by atoms with Crippen molar-refractivity contribution in [2.45, 2.75) is 44.7 Å². The number of hydrogen-bond donors (Lipinski definition) is 2. The normalized spacial score (nSPS) is 26.8. The summed E-state index contributed by atoms with van der Waals surface area (Å²) in [5.74, 6) is 0. The third kappa shape index (κ3) is 2.19. The Morgan fingerprint density at radius 1 is 1.22 bits per heavy atom. The molecule has 3 rings (SSSR count). The first kappa shape index (κ1) is 11.8. The number of anilines is 2. The van der Waals surface area contributed by atoms with Gasteiger partial charge in [0.1, 0.15) is 0 Å². The minimum Gasteiger partial charge on any atom is -0.366 e. The topological polar surface area (TPSA) is 27.3 Å². The van der Waals surface area contributed by atoms with E-state index < -0.39 is 0 Å². The van der Waals surface area contributed by atoms with Crippen LogP contribution in [0, 0.1) is 0 Å². The number of hydrogen-bond acceptors (Lipinski definition) is 3. The first-order chi connectivity index (χ1) is 8.88. The van der Waals surface area contributed by atoms with Gasteiger partial charge in [-0.3, -0.25) is 0 Å². The summed E-state index contributed by atoms with van der Waals surface area (Å²) in [6.45, 7) is 4.28. The van der Waals surface area contributed by atoms with Crippen molar-refractivity contribution >= 4 is 11.4 Å². The number of para-hydroxylation sites is 2. The van der Waals surface area contributed by atoms with Gasteiger partial charge in [0.15, 0.2) is 0 Å². The Kier molecular flexibility index (Phi) is 3.41. The van der Waals surface area contributed by atoms with Crippen LogP contribution in [0.5, 0.6) is 0 Å². The number of benzene rings is 1. The van der Waals surface area contributed by atoms with Crippen molar-refractivity contribution in [2.24, 2.45) is 0 Å². The molecule has 18 heavy (non-hydrogen) atoms. The lowest BCUT2D eigenvalue weighted by atomic mass is 9.90. The monoisotopic (exact) mass is 245 g/mol. The van der Waals surface area contributed by atoms with Crippen molar-refractivity contribution in [1.29, 1.82) is 0 Å². The van der Waals surface area contributed by atoms with Gasteiger partial charge >= 0.3 is 0 Å². The molecule has 2 aliphatic rings. The molecule has 0 amide bonds. The van der Waals surface area contributed by atoms with E-state index in [4.69, 9.17) is 0 Å². The highest BCUT2D eigenvalue weighted by molar-refractivity contribution is 5.74. The zero-order valence-electron chi connectivity index (χ0n) is 11.2. The highest BCUT2D eigenvalue weighted by Crippen LogP contribution is 2.35. The molecule has 1 aromatic carbocycles. The molecule has 1 fully saturated rings. The Hall–Kier alpha value is -1.22. The van der Waals surface area contributed by atoms with Gasteiger partial charge < -0.3 is 15.5 Å². The summed E-state index contributed by atoms with van der Waals surface area (Å²) in [7, 11) is 0. The first-order valence-electron chi connectivity index (χ1n) is 7.21. The molecular formula is C15H23N3. The molecule has 1 heterocycles. The fourth-order valence-electron chi connectivity index (χ4n) is 3.34. The molecule has 0 saturated heterocycles. The molecule has 0 unspecified atom stereocenters. The number of nitrogens with zero attached hydrogens (tertiary/aromatic N) is 1. The maximum absolute atomic E-state index is 3.58. The minimum atomic E-state index is 0.719. The molecule has 0 radical (unpaired) electrons. The first-order valence-corrected chi connectivity index (χ1v) is 7.21. The summed E-state index contributed by atoms with van der Waals surface area (Å²) in [4.78, 5) is 2.55. The van der Waals surface area contributed by atoms with Crippen LogP contribution in [0.2, 0.25) is 0 Å². The van der Waals surface area contributed by atoms with Gasteiger partial charge in [0, 0.05) is 12.1 Å². The number of rotatable bonds is 3. The largest absolute Gasteiger partial charge is 0.366 e. The quantitative estimate of drug-likeness (QED) is 0.857. The van der Waals surface area contributed by atoms with Crippen LogP contribution in [0.15, 0.2) is 24.3 Å². The molecule has 0 spiro atoms. The van der Waals surface area contributed by atoms with Crippen LogP contribution in [0.4, 0.5) is 11.4 Å². The zero-order chi connectivity index (χ0) is 12.4. The fourth-order valence-corrected chi connectivity index (χ4v) is 3.34. The highest BCUT2D eigenvalue weighted by atomic mass is 15.3. The zero-order valence-corrected chi connectivity index (χ0v) is 11.2. The molecule has 1 aliphatic heterocycles.